The van der Waals surface area contributed by atoms with E-state index >= 15 is 0 Å². The van der Waals surface area contributed by atoms with Gasteiger partial charge in [-0.2, -0.15) is 0 Å². The van der Waals surface area contributed by atoms with Gasteiger partial charge in [-0.25, -0.2) is 4.39 Å². The Balaban J connectivity index is 2.42. The van der Waals surface area contributed by atoms with Gasteiger partial charge in [0.25, 0.3) is 0 Å². The second-order valence-corrected chi connectivity index (χ2v) is 4.17. The monoisotopic (exact) mass is 299 g/mol. The summed E-state index contributed by atoms with van der Waals surface area (Å²) in [5, 5.41) is 11.1. The van der Waals surface area contributed by atoms with Crippen molar-refractivity contribution in [2.75, 3.05) is 31.7 Å². The van der Waals surface area contributed by atoms with Crippen molar-refractivity contribution in [3.8, 4) is 0 Å². The van der Waals surface area contributed by atoms with E-state index in [4.69, 9.17) is 14.6 Å². The summed E-state index contributed by atoms with van der Waals surface area (Å²) in [6.07, 6.45) is -0.402. The summed E-state index contributed by atoms with van der Waals surface area (Å²) in [6, 6.07) is 3.85. The molecule has 0 spiro atoms. The maximum Gasteiger partial charge on any atom is 0.307 e. The standard InChI is InChI=1S/C14H18FNO5/c1-2-20-5-6-21-9-13(17)16-11-4-3-10(7-14(18)19)12(15)8-11/h3-4,8H,2,5-7,9H2,1H3,(H,16,17)(H,18,19). The van der Waals surface area contributed by atoms with Crippen molar-refractivity contribution >= 4 is 17.6 Å². The SMILES string of the molecule is CCOCCOCC(=O)Nc1ccc(CC(=O)O)c(F)c1. The van der Waals surface area contributed by atoms with Gasteiger partial charge in [-0.3, -0.25) is 9.59 Å². The lowest BCUT2D eigenvalue weighted by atomic mass is 10.1. The lowest BCUT2D eigenvalue weighted by Crippen LogP contribution is -2.20. The van der Waals surface area contributed by atoms with Crippen molar-refractivity contribution in [2.24, 2.45) is 0 Å². The number of rotatable bonds is 9. The van der Waals surface area contributed by atoms with Gasteiger partial charge in [0.1, 0.15) is 12.4 Å². The van der Waals surface area contributed by atoms with Crippen LogP contribution >= 0.6 is 0 Å². The smallest absolute Gasteiger partial charge is 0.307 e. The molecule has 0 aliphatic heterocycles. The second kappa shape index (κ2) is 9.04. The first-order chi connectivity index (χ1) is 10.0. The molecule has 7 heteroatoms. The van der Waals surface area contributed by atoms with Gasteiger partial charge in [0, 0.05) is 12.3 Å². The molecule has 1 aromatic carbocycles. The van der Waals surface area contributed by atoms with E-state index in [0.717, 1.165) is 6.07 Å². The van der Waals surface area contributed by atoms with Crippen LogP contribution in [0.15, 0.2) is 18.2 Å². The Labute approximate surface area is 121 Å². The van der Waals surface area contributed by atoms with Crippen molar-refractivity contribution in [2.45, 2.75) is 13.3 Å². The van der Waals surface area contributed by atoms with Crippen LogP contribution in [0.3, 0.4) is 0 Å². The van der Waals surface area contributed by atoms with E-state index in [1.165, 1.54) is 12.1 Å². The molecule has 1 rings (SSSR count). The third-order valence-corrected chi connectivity index (χ3v) is 2.49. The fourth-order valence-electron chi connectivity index (χ4n) is 1.56. The minimum Gasteiger partial charge on any atom is -0.481 e. The Hall–Kier alpha value is -1.99. The molecule has 1 amide bonds. The van der Waals surface area contributed by atoms with Crippen LogP contribution in [0.25, 0.3) is 0 Å². The fraction of sp³-hybridized carbons (Fsp3) is 0.429. The van der Waals surface area contributed by atoms with E-state index < -0.39 is 24.1 Å². The van der Waals surface area contributed by atoms with Gasteiger partial charge in [-0.15, -0.1) is 0 Å². The Morgan fingerprint density at radius 1 is 1.29 bits per heavy atom. The maximum absolute atomic E-state index is 13.6. The zero-order chi connectivity index (χ0) is 15.7. The number of hydrogen-bond donors (Lipinski definition) is 2. The number of ether oxygens (including phenoxy) is 2. The van der Waals surface area contributed by atoms with Gasteiger partial charge >= 0.3 is 5.97 Å². The number of carboxylic acid groups (broad SMARTS) is 1. The van der Waals surface area contributed by atoms with Gasteiger partial charge in [0.15, 0.2) is 0 Å². The number of halogens is 1. The highest BCUT2D eigenvalue weighted by atomic mass is 19.1. The molecule has 0 aromatic heterocycles. The topological polar surface area (TPSA) is 84.9 Å². The van der Waals surface area contributed by atoms with Gasteiger partial charge in [0.05, 0.1) is 19.6 Å². The molecule has 0 bridgehead atoms. The minimum atomic E-state index is -1.12. The summed E-state index contributed by atoms with van der Waals surface area (Å²) in [5.41, 5.74) is 0.313. The average Bonchev–Trinajstić information content (AvgIpc) is 2.41. The number of nitrogens with one attached hydrogen (secondary N) is 1. The van der Waals surface area contributed by atoms with Crippen molar-refractivity contribution < 1.29 is 28.6 Å². The Bertz CT molecular complexity index is 492. The highest BCUT2D eigenvalue weighted by molar-refractivity contribution is 5.91. The highest BCUT2D eigenvalue weighted by Gasteiger charge is 2.09. The number of benzene rings is 1. The first kappa shape index (κ1) is 17.1. The van der Waals surface area contributed by atoms with Crippen LogP contribution in [0.1, 0.15) is 12.5 Å². The maximum atomic E-state index is 13.6. The van der Waals surface area contributed by atoms with Crippen molar-refractivity contribution in [1.29, 1.82) is 0 Å². The van der Waals surface area contributed by atoms with Crippen LogP contribution in [0.4, 0.5) is 10.1 Å². The number of amides is 1. The lowest BCUT2D eigenvalue weighted by Gasteiger charge is -2.08. The lowest BCUT2D eigenvalue weighted by molar-refractivity contribution is -0.136. The van der Waals surface area contributed by atoms with E-state index in [1.807, 2.05) is 6.92 Å². The summed E-state index contributed by atoms with van der Waals surface area (Å²) >= 11 is 0. The Morgan fingerprint density at radius 2 is 2.00 bits per heavy atom. The summed E-state index contributed by atoms with van der Waals surface area (Å²) < 4.78 is 23.7. The largest absolute Gasteiger partial charge is 0.481 e. The summed E-state index contributed by atoms with van der Waals surface area (Å²) in [5.74, 6) is -2.21. The van der Waals surface area contributed by atoms with Gasteiger partial charge in [0.2, 0.25) is 5.91 Å². The van der Waals surface area contributed by atoms with E-state index in [-0.39, 0.29) is 17.9 Å². The summed E-state index contributed by atoms with van der Waals surface area (Å²) in [6.45, 7) is 2.98. The number of carbonyl (C=O) groups is 2. The predicted molar refractivity (Wildman–Crippen MR) is 73.7 cm³/mol. The van der Waals surface area contributed by atoms with Gasteiger partial charge in [-0.05, 0) is 24.6 Å². The molecule has 0 saturated carbocycles. The van der Waals surface area contributed by atoms with Crippen molar-refractivity contribution in [3.63, 3.8) is 0 Å². The molecule has 116 valence electrons. The molecule has 0 saturated heterocycles. The number of carbonyl (C=O) groups excluding carboxylic acids is 1. The van der Waals surface area contributed by atoms with E-state index in [0.29, 0.717) is 19.8 Å². The second-order valence-electron chi connectivity index (χ2n) is 4.17. The Kier molecular flexibility index (Phi) is 7.34. The molecule has 2 N–H and O–H groups in total. The minimum absolute atomic E-state index is 0.0634. The number of hydrogen-bond acceptors (Lipinski definition) is 4. The molecule has 0 atom stereocenters. The van der Waals surface area contributed by atoms with Gasteiger partial charge in [-0.1, -0.05) is 6.07 Å². The van der Waals surface area contributed by atoms with E-state index in [9.17, 15) is 14.0 Å². The first-order valence-corrected chi connectivity index (χ1v) is 6.48. The van der Waals surface area contributed by atoms with Crippen LogP contribution in [0, 0.1) is 5.82 Å². The molecule has 0 heterocycles. The predicted octanol–water partition coefficient (Wildman–Crippen LogP) is 1.44. The quantitative estimate of drug-likeness (QED) is 0.674. The molecule has 0 radical (unpaired) electrons. The third-order valence-electron chi connectivity index (χ3n) is 2.49. The number of anilines is 1. The molecule has 0 aliphatic rings. The highest BCUT2D eigenvalue weighted by Crippen LogP contribution is 2.15. The summed E-state index contributed by atoms with van der Waals surface area (Å²) in [7, 11) is 0. The molecule has 21 heavy (non-hydrogen) atoms. The van der Waals surface area contributed by atoms with Crippen LogP contribution in [-0.2, 0) is 25.5 Å². The van der Waals surface area contributed by atoms with Crippen LogP contribution in [-0.4, -0.2) is 43.4 Å². The molecule has 1 aromatic rings. The number of carboxylic acids is 1. The Morgan fingerprint density at radius 3 is 2.62 bits per heavy atom. The molecular weight excluding hydrogens is 281 g/mol. The van der Waals surface area contributed by atoms with E-state index in [2.05, 4.69) is 5.32 Å². The normalized spacial score (nSPS) is 10.4. The van der Waals surface area contributed by atoms with Gasteiger partial charge < -0.3 is 19.9 Å². The zero-order valence-corrected chi connectivity index (χ0v) is 11.7. The van der Waals surface area contributed by atoms with Crippen LogP contribution < -0.4 is 5.32 Å². The molecule has 6 nitrogen and oxygen atoms in total. The van der Waals surface area contributed by atoms with Crippen molar-refractivity contribution in [3.05, 3.63) is 29.6 Å². The van der Waals surface area contributed by atoms with Crippen molar-refractivity contribution in [1.82, 2.24) is 0 Å². The molecule has 0 unspecified atom stereocenters. The van der Waals surface area contributed by atoms with Crippen LogP contribution in [0.5, 0.6) is 0 Å². The fourth-order valence-corrected chi connectivity index (χ4v) is 1.56. The number of aliphatic carboxylic acids is 1. The third kappa shape index (κ3) is 6.82. The first-order valence-electron chi connectivity index (χ1n) is 6.48. The molecular formula is C14H18FNO5. The molecule has 0 aliphatic carbocycles. The molecule has 0 fully saturated rings. The average molecular weight is 299 g/mol. The summed E-state index contributed by atoms with van der Waals surface area (Å²) in [4.78, 5) is 22.0. The van der Waals surface area contributed by atoms with E-state index in [1.54, 1.807) is 0 Å². The zero-order valence-electron chi connectivity index (χ0n) is 11.7. The van der Waals surface area contributed by atoms with Crippen LogP contribution in [0.2, 0.25) is 0 Å².